The second kappa shape index (κ2) is 6.90. The van der Waals surface area contributed by atoms with Crippen molar-refractivity contribution in [1.82, 2.24) is 15.1 Å². The van der Waals surface area contributed by atoms with Crippen molar-refractivity contribution in [3.63, 3.8) is 0 Å². The molecule has 1 unspecified atom stereocenters. The van der Waals surface area contributed by atoms with E-state index < -0.39 is 0 Å². The Morgan fingerprint density at radius 2 is 2.10 bits per heavy atom. The van der Waals surface area contributed by atoms with Crippen molar-refractivity contribution in [3.8, 4) is 11.4 Å². The average Bonchev–Trinajstić information content (AvgIpc) is 2.93. The van der Waals surface area contributed by atoms with Crippen LogP contribution in [0.25, 0.3) is 5.69 Å². The number of amides is 1. The molecule has 1 aromatic carbocycles. The molecular formula is C15H20N4O2. The van der Waals surface area contributed by atoms with E-state index in [1.54, 1.807) is 18.7 Å². The van der Waals surface area contributed by atoms with E-state index in [4.69, 9.17) is 10.5 Å². The maximum absolute atomic E-state index is 11.5. The molecule has 2 rings (SSSR count). The lowest BCUT2D eigenvalue weighted by atomic mass is 10.2. The highest BCUT2D eigenvalue weighted by Crippen LogP contribution is 2.14. The number of carbonyl (C=O) groups is 1. The molecule has 1 atom stereocenters. The monoisotopic (exact) mass is 288 g/mol. The highest BCUT2D eigenvalue weighted by Gasteiger charge is 2.06. The number of hydrogen-bond acceptors (Lipinski definition) is 4. The van der Waals surface area contributed by atoms with E-state index in [9.17, 15) is 4.79 Å². The summed E-state index contributed by atoms with van der Waals surface area (Å²) < 4.78 is 6.88. The van der Waals surface area contributed by atoms with Crippen molar-refractivity contribution in [3.05, 3.63) is 42.2 Å². The van der Waals surface area contributed by atoms with Crippen LogP contribution in [0.15, 0.2) is 36.5 Å². The summed E-state index contributed by atoms with van der Waals surface area (Å²) in [6, 6.07) is 9.33. The number of benzene rings is 1. The Labute approximate surface area is 123 Å². The molecule has 1 amide bonds. The molecule has 1 heterocycles. The van der Waals surface area contributed by atoms with Gasteiger partial charge in [-0.25, -0.2) is 4.68 Å². The Kier molecular flexibility index (Phi) is 4.94. The second-order valence-corrected chi connectivity index (χ2v) is 4.91. The summed E-state index contributed by atoms with van der Waals surface area (Å²) >= 11 is 0. The number of methoxy groups -OCH3 is 1. The number of nitrogens with zero attached hydrogens (tertiary/aromatic N) is 2. The summed E-state index contributed by atoms with van der Waals surface area (Å²) in [6.45, 7) is 2.20. The second-order valence-electron chi connectivity index (χ2n) is 4.91. The fourth-order valence-corrected chi connectivity index (χ4v) is 1.89. The molecule has 0 saturated carbocycles. The number of nitrogens with one attached hydrogen (secondary N) is 1. The smallest absolute Gasteiger partial charge is 0.221 e. The lowest BCUT2D eigenvalue weighted by Crippen LogP contribution is -2.29. The van der Waals surface area contributed by atoms with E-state index >= 15 is 0 Å². The summed E-state index contributed by atoms with van der Waals surface area (Å²) in [7, 11) is 1.63. The van der Waals surface area contributed by atoms with Gasteiger partial charge in [0.05, 0.1) is 25.0 Å². The molecule has 1 aromatic heterocycles. The molecule has 112 valence electrons. The maximum atomic E-state index is 11.5. The quantitative estimate of drug-likeness (QED) is 0.837. The van der Waals surface area contributed by atoms with Gasteiger partial charge in [0.15, 0.2) is 0 Å². The van der Waals surface area contributed by atoms with Crippen molar-refractivity contribution in [2.45, 2.75) is 25.9 Å². The predicted octanol–water partition coefficient (Wildman–Crippen LogP) is 1.23. The zero-order valence-electron chi connectivity index (χ0n) is 12.2. The van der Waals surface area contributed by atoms with Gasteiger partial charge in [0.25, 0.3) is 0 Å². The van der Waals surface area contributed by atoms with Gasteiger partial charge in [-0.15, -0.1) is 0 Å². The molecule has 6 nitrogen and oxygen atoms in total. The molecule has 0 saturated heterocycles. The van der Waals surface area contributed by atoms with Gasteiger partial charge in [0.2, 0.25) is 5.91 Å². The van der Waals surface area contributed by atoms with Gasteiger partial charge >= 0.3 is 0 Å². The normalized spacial score (nSPS) is 12.0. The molecule has 0 aliphatic heterocycles. The first-order chi connectivity index (χ1) is 10.1. The molecule has 3 N–H and O–H groups in total. The van der Waals surface area contributed by atoms with Crippen molar-refractivity contribution in [1.29, 1.82) is 0 Å². The fraction of sp³-hybridized carbons (Fsp3) is 0.333. The van der Waals surface area contributed by atoms with Crippen LogP contribution < -0.4 is 15.8 Å². The minimum absolute atomic E-state index is 0.0657. The molecule has 0 fully saturated rings. The lowest BCUT2D eigenvalue weighted by molar-refractivity contribution is -0.121. The summed E-state index contributed by atoms with van der Waals surface area (Å²) in [5.74, 6) is 0.735. The van der Waals surface area contributed by atoms with Crippen LogP contribution in [0.4, 0.5) is 0 Å². The molecule has 0 bridgehead atoms. The number of rotatable bonds is 6. The third-order valence-electron chi connectivity index (χ3n) is 2.96. The molecular weight excluding hydrogens is 268 g/mol. The zero-order valence-corrected chi connectivity index (χ0v) is 12.2. The molecule has 6 heteroatoms. The number of hydrogen-bond donors (Lipinski definition) is 2. The van der Waals surface area contributed by atoms with Crippen molar-refractivity contribution < 1.29 is 9.53 Å². The van der Waals surface area contributed by atoms with E-state index in [1.165, 1.54) is 0 Å². The number of ether oxygens (including phenoxy) is 1. The minimum atomic E-state index is -0.137. The van der Waals surface area contributed by atoms with Gasteiger partial charge in [-0.2, -0.15) is 5.10 Å². The zero-order chi connectivity index (χ0) is 15.2. The van der Waals surface area contributed by atoms with Crippen molar-refractivity contribution in [2.75, 3.05) is 7.11 Å². The number of nitrogens with two attached hydrogens (primary N) is 1. The Morgan fingerprint density at radius 1 is 1.38 bits per heavy atom. The van der Waals surface area contributed by atoms with Crippen LogP contribution in [0.1, 0.15) is 19.0 Å². The van der Waals surface area contributed by atoms with Crippen molar-refractivity contribution >= 4 is 5.91 Å². The van der Waals surface area contributed by atoms with Crippen LogP contribution in [-0.4, -0.2) is 28.8 Å². The van der Waals surface area contributed by atoms with Crippen molar-refractivity contribution in [2.24, 2.45) is 5.73 Å². The first-order valence-electron chi connectivity index (χ1n) is 6.79. The van der Waals surface area contributed by atoms with E-state index in [0.717, 1.165) is 17.1 Å². The van der Waals surface area contributed by atoms with Crippen LogP contribution in [0.2, 0.25) is 0 Å². The molecule has 0 radical (unpaired) electrons. The van der Waals surface area contributed by atoms with E-state index in [1.807, 2.05) is 36.5 Å². The highest BCUT2D eigenvalue weighted by molar-refractivity contribution is 5.76. The first-order valence-corrected chi connectivity index (χ1v) is 6.79. The molecule has 0 aliphatic rings. The summed E-state index contributed by atoms with van der Waals surface area (Å²) in [5.41, 5.74) is 7.30. The fourth-order valence-electron chi connectivity index (χ4n) is 1.89. The standard InChI is InChI=1S/C15H20N4O2/c1-11(16)9-15(20)17-10-12-7-8-19(18-12)13-3-5-14(21-2)6-4-13/h3-8,11H,9-10,16H2,1-2H3,(H,17,20). The van der Waals surface area contributed by atoms with Gasteiger partial charge in [-0.3, -0.25) is 4.79 Å². The number of carbonyl (C=O) groups excluding carboxylic acids is 1. The van der Waals surface area contributed by atoms with E-state index in [2.05, 4.69) is 10.4 Å². The Balaban J connectivity index is 1.96. The Hall–Kier alpha value is -2.34. The average molecular weight is 288 g/mol. The molecule has 0 spiro atoms. The van der Waals surface area contributed by atoms with E-state index in [-0.39, 0.29) is 11.9 Å². The number of aromatic nitrogens is 2. The SMILES string of the molecule is COc1ccc(-n2ccc(CNC(=O)CC(C)N)n2)cc1. The molecule has 21 heavy (non-hydrogen) atoms. The lowest BCUT2D eigenvalue weighted by Gasteiger charge is -2.06. The van der Waals surface area contributed by atoms with Gasteiger partial charge in [0, 0.05) is 18.7 Å². The van der Waals surface area contributed by atoms with Gasteiger partial charge < -0.3 is 15.8 Å². The first kappa shape index (κ1) is 15.1. The molecule has 0 aliphatic carbocycles. The van der Waals surface area contributed by atoms with Crippen LogP contribution in [0.3, 0.4) is 0 Å². The Morgan fingerprint density at radius 3 is 2.71 bits per heavy atom. The third-order valence-corrected chi connectivity index (χ3v) is 2.96. The minimum Gasteiger partial charge on any atom is -0.497 e. The van der Waals surface area contributed by atoms with Crippen LogP contribution in [-0.2, 0) is 11.3 Å². The largest absolute Gasteiger partial charge is 0.497 e. The molecule has 2 aromatic rings. The third kappa shape index (κ3) is 4.32. The Bertz CT molecular complexity index is 590. The van der Waals surface area contributed by atoms with Gasteiger partial charge in [-0.05, 0) is 37.3 Å². The maximum Gasteiger partial charge on any atom is 0.221 e. The van der Waals surface area contributed by atoms with Crippen LogP contribution >= 0.6 is 0 Å². The van der Waals surface area contributed by atoms with Gasteiger partial charge in [-0.1, -0.05) is 0 Å². The summed E-state index contributed by atoms with van der Waals surface area (Å²) in [6.07, 6.45) is 2.17. The topological polar surface area (TPSA) is 82.2 Å². The van der Waals surface area contributed by atoms with Crippen LogP contribution in [0.5, 0.6) is 5.75 Å². The van der Waals surface area contributed by atoms with Crippen LogP contribution in [0, 0.1) is 0 Å². The highest BCUT2D eigenvalue weighted by atomic mass is 16.5. The summed E-state index contributed by atoms with van der Waals surface area (Å²) in [4.78, 5) is 11.5. The van der Waals surface area contributed by atoms with Gasteiger partial charge in [0.1, 0.15) is 5.75 Å². The van der Waals surface area contributed by atoms with E-state index in [0.29, 0.717) is 13.0 Å². The summed E-state index contributed by atoms with van der Waals surface area (Å²) in [5, 5.41) is 7.22. The predicted molar refractivity (Wildman–Crippen MR) is 80.2 cm³/mol.